The number of ether oxygens (including phenoxy) is 1. The fourth-order valence-corrected chi connectivity index (χ4v) is 3.63. The molecule has 1 heterocycles. The number of nitrogens with one attached hydrogen (secondary N) is 1. The van der Waals surface area contributed by atoms with Crippen LogP contribution >= 0.6 is 12.4 Å². The number of halogens is 1. The highest BCUT2D eigenvalue weighted by Gasteiger charge is 2.38. The molecule has 0 amide bonds. The summed E-state index contributed by atoms with van der Waals surface area (Å²) in [7, 11) is -3.60. The number of nitrogens with zero attached hydrogens (tertiary/aromatic N) is 2. The molecule has 0 atom stereocenters. The molecule has 144 valence electrons. The molecule has 0 saturated heterocycles. The van der Waals surface area contributed by atoms with Crippen LogP contribution in [-0.4, -0.2) is 31.7 Å². The van der Waals surface area contributed by atoms with Crippen molar-refractivity contribution < 1.29 is 17.7 Å². The lowest BCUT2D eigenvalue weighted by Crippen LogP contribution is -2.44. The van der Waals surface area contributed by atoms with E-state index in [4.69, 9.17) is 15.0 Å². The van der Waals surface area contributed by atoms with E-state index in [9.17, 15) is 8.42 Å². The molecule has 3 rings (SSSR count). The van der Waals surface area contributed by atoms with E-state index in [-0.39, 0.29) is 23.8 Å². The Morgan fingerprint density at radius 3 is 2.58 bits per heavy atom. The fraction of sp³-hybridized carbons (Fsp3) is 0.500. The van der Waals surface area contributed by atoms with Crippen LogP contribution < -0.4 is 15.2 Å². The Morgan fingerprint density at radius 1 is 1.31 bits per heavy atom. The van der Waals surface area contributed by atoms with E-state index in [0.29, 0.717) is 30.5 Å². The van der Waals surface area contributed by atoms with E-state index in [1.54, 1.807) is 12.1 Å². The lowest BCUT2D eigenvalue weighted by molar-refractivity contribution is 0.229. The van der Waals surface area contributed by atoms with Gasteiger partial charge in [-0.25, -0.2) is 13.1 Å². The summed E-state index contributed by atoms with van der Waals surface area (Å²) in [5.74, 6) is 1.51. The molecule has 1 aromatic carbocycles. The van der Waals surface area contributed by atoms with Crippen LogP contribution in [-0.2, 0) is 22.0 Å². The molecule has 26 heavy (non-hydrogen) atoms. The van der Waals surface area contributed by atoms with Gasteiger partial charge in [-0.1, -0.05) is 5.16 Å². The number of aromatic nitrogens is 2. The summed E-state index contributed by atoms with van der Waals surface area (Å²) in [5.41, 5.74) is 5.66. The van der Waals surface area contributed by atoms with Crippen molar-refractivity contribution in [1.82, 2.24) is 14.9 Å². The first-order valence-electron chi connectivity index (χ1n) is 8.27. The topological polar surface area (TPSA) is 120 Å². The van der Waals surface area contributed by atoms with Gasteiger partial charge in [-0.05, 0) is 50.5 Å². The normalized spacial score (nSPS) is 15.8. The SMILES string of the molecule is CCOc1ccc(S(=O)(=O)NCCc2nc(C3(N)CCC3)no2)cc1.Cl. The van der Waals surface area contributed by atoms with Crippen molar-refractivity contribution in [2.45, 2.75) is 43.0 Å². The summed E-state index contributed by atoms with van der Waals surface area (Å²) >= 11 is 0. The van der Waals surface area contributed by atoms with Gasteiger partial charge in [0.05, 0.1) is 17.0 Å². The molecule has 1 aliphatic rings. The summed E-state index contributed by atoms with van der Waals surface area (Å²) in [4.78, 5) is 4.45. The van der Waals surface area contributed by atoms with Crippen molar-refractivity contribution in [2.24, 2.45) is 5.73 Å². The van der Waals surface area contributed by atoms with Crippen molar-refractivity contribution >= 4 is 22.4 Å². The maximum Gasteiger partial charge on any atom is 0.240 e. The number of benzene rings is 1. The molecule has 1 saturated carbocycles. The first-order chi connectivity index (χ1) is 11.9. The molecule has 3 N–H and O–H groups in total. The maximum atomic E-state index is 12.3. The minimum Gasteiger partial charge on any atom is -0.494 e. The molecule has 8 nitrogen and oxygen atoms in total. The minimum absolute atomic E-state index is 0. The fourth-order valence-electron chi connectivity index (χ4n) is 2.60. The molecule has 2 aromatic rings. The number of hydrogen-bond acceptors (Lipinski definition) is 7. The summed E-state index contributed by atoms with van der Waals surface area (Å²) in [6, 6.07) is 6.27. The molecule has 1 fully saturated rings. The smallest absolute Gasteiger partial charge is 0.240 e. The quantitative estimate of drug-likeness (QED) is 0.689. The van der Waals surface area contributed by atoms with E-state index < -0.39 is 15.6 Å². The Morgan fingerprint density at radius 2 is 2.00 bits per heavy atom. The zero-order valence-electron chi connectivity index (χ0n) is 14.5. The molecule has 0 unspecified atom stereocenters. The molecule has 1 aliphatic carbocycles. The Labute approximate surface area is 159 Å². The predicted molar refractivity (Wildman–Crippen MR) is 97.8 cm³/mol. The van der Waals surface area contributed by atoms with Crippen LogP contribution in [0.5, 0.6) is 5.75 Å². The Bertz CT molecular complexity index is 819. The Kier molecular flexibility index (Phi) is 6.62. The van der Waals surface area contributed by atoms with Gasteiger partial charge in [0.2, 0.25) is 15.9 Å². The highest BCUT2D eigenvalue weighted by atomic mass is 35.5. The molecular weight excluding hydrogens is 380 g/mol. The highest BCUT2D eigenvalue weighted by molar-refractivity contribution is 7.89. The van der Waals surface area contributed by atoms with Gasteiger partial charge >= 0.3 is 0 Å². The second-order valence-electron chi connectivity index (χ2n) is 6.07. The van der Waals surface area contributed by atoms with Crippen molar-refractivity contribution in [3.63, 3.8) is 0 Å². The van der Waals surface area contributed by atoms with Gasteiger partial charge in [-0.15, -0.1) is 12.4 Å². The highest BCUT2D eigenvalue weighted by Crippen LogP contribution is 2.36. The van der Waals surface area contributed by atoms with Crippen molar-refractivity contribution in [2.75, 3.05) is 13.2 Å². The van der Waals surface area contributed by atoms with Gasteiger partial charge in [-0.2, -0.15) is 4.98 Å². The molecule has 1 aromatic heterocycles. The largest absolute Gasteiger partial charge is 0.494 e. The molecule has 0 bridgehead atoms. The second kappa shape index (κ2) is 8.34. The van der Waals surface area contributed by atoms with Gasteiger partial charge < -0.3 is 15.0 Å². The van der Waals surface area contributed by atoms with Crippen LogP contribution in [0.1, 0.15) is 37.9 Å². The van der Waals surface area contributed by atoms with Crippen LogP contribution in [0.15, 0.2) is 33.7 Å². The molecular formula is C16H23ClN4O4S. The number of nitrogens with two attached hydrogens (primary N) is 1. The third-order valence-corrected chi connectivity index (χ3v) is 5.71. The first kappa shape index (κ1) is 20.6. The molecule has 10 heteroatoms. The summed E-state index contributed by atoms with van der Waals surface area (Å²) < 4.78 is 37.5. The lowest BCUT2D eigenvalue weighted by Gasteiger charge is -2.34. The van der Waals surface area contributed by atoms with E-state index in [2.05, 4.69) is 14.9 Å². The van der Waals surface area contributed by atoms with Crippen LogP contribution in [0.3, 0.4) is 0 Å². The first-order valence-corrected chi connectivity index (χ1v) is 9.76. The Hall–Kier alpha value is -1.68. The number of hydrogen-bond donors (Lipinski definition) is 2. The summed E-state index contributed by atoms with van der Waals surface area (Å²) in [5, 5.41) is 3.91. The van der Waals surface area contributed by atoms with Crippen molar-refractivity contribution in [3.05, 3.63) is 36.0 Å². The van der Waals surface area contributed by atoms with Crippen molar-refractivity contribution in [1.29, 1.82) is 0 Å². The predicted octanol–water partition coefficient (Wildman–Crippen LogP) is 1.75. The van der Waals surface area contributed by atoms with E-state index in [0.717, 1.165) is 19.3 Å². The monoisotopic (exact) mass is 402 g/mol. The molecule has 0 radical (unpaired) electrons. The Balaban J connectivity index is 0.00000243. The lowest BCUT2D eigenvalue weighted by atomic mass is 9.77. The van der Waals surface area contributed by atoms with Gasteiger partial charge in [0, 0.05) is 13.0 Å². The third-order valence-electron chi connectivity index (χ3n) is 4.24. The summed E-state index contributed by atoms with van der Waals surface area (Å²) in [6.45, 7) is 2.56. The summed E-state index contributed by atoms with van der Waals surface area (Å²) in [6.07, 6.45) is 3.05. The van der Waals surface area contributed by atoms with Crippen LogP contribution in [0, 0.1) is 0 Å². The van der Waals surface area contributed by atoms with Gasteiger partial charge in [0.15, 0.2) is 5.82 Å². The number of sulfonamides is 1. The second-order valence-corrected chi connectivity index (χ2v) is 7.84. The standard InChI is InChI=1S/C16H22N4O4S.ClH/c1-2-23-12-4-6-13(7-5-12)25(21,22)18-11-8-14-19-15(20-24-14)16(17)9-3-10-16;/h4-7,18H,2-3,8-11,17H2,1H3;1H. The third kappa shape index (κ3) is 4.53. The molecule has 0 aliphatic heterocycles. The minimum atomic E-state index is -3.60. The van der Waals surface area contributed by atoms with E-state index in [1.807, 2.05) is 6.92 Å². The van der Waals surface area contributed by atoms with Crippen LogP contribution in [0.2, 0.25) is 0 Å². The number of rotatable bonds is 8. The maximum absolute atomic E-state index is 12.3. The van der Waals surface area contributed by atoms with E-state index in [1.165, 1.54) is 12.1 Å². The average molecular weight is 403 g/mol. The van der Waals surface area contributed by atoms with Crippen LogP contribution in [0.25, 0.3) is 0 Å². The van der Waals surface area contributed by atoms with Gasteiger partial charge in [0.1, 0.15) is 5.75 Å². The zero-order valence-corrected chi connectivity index (χ0v) is 16.1. The average Bonchev–Trinajstić information content (AvgIpc) is 3.02. The molecule has 0 spiro atoms. The van der Waals surface area contributed by atoms with Crippen molar-refractivity contribution in [3.8, 4) is 5.75 Å². The van der Waals surface area contributed by atoms with Gasteiger partial charge in [-0.3, -0.25) is 0 Å². The zero-order chi connectivity index (χ0) is 17.9. The van der Waals surface area contributed by atoms with Gasteiger partial charge in [0.25, 0.3) is 0 Å². The van der Waals surface area contributed by atoms with Crippen LogP contribution in [0.4, 0.5) is 0 Å². The van der Waals surface area contributed by atoms with E-state index >= 15 is 0 Å².